The Morgan fingerprint density at radius 1 is 1.21 bits per heavy atom. The minimum atomic E-state index is -0.420. The summed E-state index contributed by atoms with van der Waals surface area (Å²) in [4.78, 5) is 21.6. The summed E-state index contributed by atoms with van der Waals surface area (Å²) in [6.07, 6.45) is 7.60. The number of hydrogen-bond acceptors (Lipinski definition) is 8. The molecule has 0 aliphatic heterocycles. The van der Waals surface area contributed by atoms with Crippen LogP contribution in [0.15, 0.2) is 24.5 Å². The molecule has 3 aromatic heterocycles. The largest absolute Gasteiger partial charge is 0.494 e. The fourth-order valence-electron chi connectivity index (χ4n) is 3.54. The molecule has 0 atom stereocenters. The number of nitrogens with zero attached hydrogens (tertiary/aromatic N) is 4. The summed E-state index contributed by atoms with van der Waals surface area (Å²) < 4.78 is 5.45. The predicted octanol–water partition coefficient (Wildman–Crippen LogP) is 4.27. The second kappa shape index (κ2) is 8.30. The zero-order valence-corrected chi connectivity index (χ0v) is 17.1. The lowest BCUT2D eigenvalue weighted by Crippen LogP contribution is -2.14. The molecule has 29 heavy (non-hydrogen) atoms. The number of amides is 1. The number of nitrogens with one attached hydrogen (secondary N) is 1. The van der Waals surface area contributed by atoms with Crippen LogP contribution in [-0.2, 0) is 0 Å². The minimum absolute atomic E-state index is 0.193. The van der Waals surface area contributed by atoms with Crippen molar-refractivity contribution in [3.8, 4) is 22.1 Å². The van der Waals surface area contributed by atoms with Crippen LogP contribution in [0.1, 0.15) is 47.7 Å². The third-order valence-electron chi connectivity index (χ3n) is 4.92. The van der Waals surface area contributed by atoms with E-state index in [1.807, 2.05) is 6.07 Å². The van der Waals surface area contributed by atoms with Crippen molar-refractivity contribution >= 4 is 34.0 Å². The Hall–Kier alpha value is -2.78. The summed E-state index contributed by atoms with van der Waals surface area (Å²) in [5.74, 6) is 0.450. The first-order valence-electron chi connectivity index (χ1n) is 9.09. The Bertz CT molecular complexity index is 1050. The van der Waals surface area contributed by atoms with Gasteiger partial charge in [-0.05, 0) is 36.3 Å². The molecule has 150 valence electrons. The number of carbonyl (C=O) groups is 1. The summed E-state index contributed by atoms with van der Waals surface area (Å²) in [5.41, 5.74) is 2.58. The molecule has 2 N–H and O–H groups in total. The SMILES string of the molecule is COc1cnc(Cl)cc1-c1cc(C2CCCC2)ncc1C(=O)Nc1nnc(O)s1. The van der Waals surface area contributed by atoms with E-state index in [0.717, 1.165) is 29.9 Å². The molecular weight excluding hydrogens is 414 g/mol. The van der Waals surface area contributed by atoms with E-state index in [1.165, 1.54) is 26.1 Å². The number of ether oxygens (including phenoxy) is 1. The quantitative estimate of drug-likeness (QED) is 0.580. The van der Waals surface area contributed by atoms with Crippen molar-refractivity contribution in [3.05, 3.63) is 40.9 Å². The van der Waals surface area contributed by atoms with Gasteiger partial charge in [0.15, 0.2) is 0 Å². The number of hydrogen-bond donors (Lipinski definition) is 2. The van der Waals surface area contributed by atoms with Crippen molar-refractivity contribution < 1.29 is 14.6 Å². The zero-order chi connectivity index (χ0) is 20.4. The first kappa shape index (κ1) is 19.5. The molecule has 10 heteroatoms. The molecule has 1 fully saturated rings. The Labute approximate surface area is 176 Å². The lowest BCUT2D eigenvalue weighted by Gasteiger charge is -2.16. The Morgan fingerprint density at radius 2 is 2.00 bits per heavy atom. The first-order valence-corrected chi connectivity index (χ1v) is 10.3. The third kappa shape index (κ3) is 4.15. The second-order valence-corrected chi connectivity index (χ2v) is 8.03. The van der Waals surface area contributed by atoms with Gasteiger partial charge in [-0.15, -0.1) is 5.10 Å². The summed E-state index contributed by atoms with van der Waals surface area (Å²) in [6, 6.07) is 3.60. The molecule has 4 rings (SSSR count). The molecule has 0 radical (unpaired) electrons. The standard InChI is InChI=1S/C19H18ClN5O3S/c1-28-15-9-22-16(20)7-12(15)11-6-14(10-4-2-3-5-10)21-8-13(11)17(26)23-18-24-25-19(27)29-18/h6-10H,2-5H2,1H3,(H,25,27)(H,23,24,26). The van der Waals surface area contributed by atoms with Gasteiger partial charge in [0.2, 0.25) is 5.13 Å². The van der Waals surface area contributed by atoms with Crippen LogP contribution >= 0.6 is 22.9 Å². The number of halogens is 1. The lowest BCUT2D eigenvalue weighted by molar-refractivity contribution is 0.102. The molecule has 8 nitrogen and oxygen atoms in total. The molecule has 1 aliphatic carbocycles. The van der Waals surface area contributed by atoms with E-state index >= 15 is 0 Å². The average molecular weight is 432 g/mol. The number of rotatable bonds is 5. The van der Waals surface area contributed by atoms with E-state index in [1.54, 1.807) is 12.3 Å². The molecule has 3 aromatic rings. The molecule has 0 aromatic carbocycles. The second-order valence-electron chi connectivity index (χ2n) is 6.69. The summed E-state index contributed by atoms with van der Waals surface area (Å²) in [6.45, 7) is 0. The van der Waals surface area contributed by atoms with Gasteiger partial charge < -0.3 is 9.84 Å². The zero-order valence-electron chi connectivity index (χ0n) is 15.6. The van der Waals surface area contributed by atoms with Gasteiger partial charge in [-0.3, -0.25) is 15.1 Å². The summed E-state index contributed by atoms with van der Waals surface area (Å²) >= 11 is 7.00. The number of pyridine rings is 2. The lowest BCUT2D eigenvalue weighted by atomic mass is 9.95. The van der Waals surface area contributed by atoms with E-state index in [0.29, 0.717) is 33.5 Å². The van der Waals surface area contributed by atoms with Crippen LogP contribution in [0.3, 0.4) is 0 Å². The highest BCUT2D eigenvalue weighted by Gasteiger charge is 2.24. The van der Waals surface area contributed by atoms with Crippen LogP contribution in [0.25, 0.3) is 11.1 Å². The van der Waals surface area contributed by atoms with Crippen LogP contribution in [0.4, 0.5) is 5.13 Å². The molecule has 0 unspecified atom stereocenters. The van der Waals surface area contributed by atoms with Crippen molar-refractivity contribution in [3.63, 3.8) is 0 Å². The van der Waals surface area contributed by atoms with E-state index < -0.39 is 5.91 Å². The van der Waals surface area contributed by atoms with Gasteiger partial charge >= 0.3 is 0 Å². The van der Waals surface area contributed by atoms with Crippen LogP contribution in [-0.4, -0.2) is 38.3 Å². The van der Waals surface area contributed by atoms with Gasteiger partial charge in [0.05, 0.1) is 18.9 Å². The normalized spacial score (nSPS) is 14.1. The molecule has 1 saturated carbocycles. The van der Waals surface area contributed by atoms with Crippen molar-refractivity contribution in [1.82, 2.24) is 20.2 Å². The van der Waals surface area contributed by atoms with Gasteiger partial charge in [-0.1, -0.05) is 29.5 Å². The summed E-state index contributed by atoms with van der Waals surface area (Å²) in [5, 5.41) is 19.5. The van der Waals surface area contributed by atoms with Crippen LogP contribution in [0, 0.1) is 0 Å². The smallest absolute Gasteiger partial charge is 0.293 e. The molecule has 0 bridgehead atoms. The maximum atomic E-state index is 13.0. The number of anilines is 1. The van der Waals surface area contributed by atoms with Gasteiger partial charge in [0, 0.05) is 28.9 Å². The van der Waals surface area contributed by atoms with Crippen molar-refractivity contribution in [1.29, 1.82) is 0 Å². The van der Waals surface area contributed by atoms with Crippen LogP contribution in [0.5, 0.6) is 10.9 Å². The Morgan fingerprint density at radius 3 is 2.69 bits per heavy atom. The molecule has 1 amide bonds. The highest BCUT2D eigenvalue weighted by molar-refractivity contribution is 7.17. The van der Waals surface area contributed by atoms with Crippen LogP contribution < -0.4 is 10.1 Å². The molecule has 1 aliphatic rings. The third-order valence-corrected chi connectivity index (χ3v) is 5.77. The van der Waals surface area contributed by atoms with Crippen molar-refractivity contribution in [2.45, 2.75) is 31.6 Å². The van der Waals surface area contributed by atoms with Gasteiger partial charge in [0.25, 0.3) is 11.1 Å². The van der Waals surface area contributed by atoms with E-state index in [2.05, 4.69) is 25.5 Å². The predicted molar refractivity (Wildman–Crippen MR) is 110 cm³/mol. The average Bonchev–Trinajstić information content (AvgIpc) is 3.39. The van der Waals surface area contributed by atoms with Crippen molar-refractivity contribution in [2.24, 2.45) is 0 Å². The molecule has 0 saturated heterocycles. The van der Waals surface area contributed by atoms with Gasteiger partial charge in [-0.2, -0.15) is 0 Å². The highest BCUT2D eigenvalue weighted by Crippen LogP contribution is 2.38. The van der Waals surface area contributed by atoms with E-state index in [9.17, 15) is 9.90 Å². The maximum Gasteiger partial charge on any atom is 0.293 e. The molecule has 0 spiro atoms. The molecular formula is C19H18ClN5O3S. The van der Waals surface area contributed by atoms with E-state index in [4.69, 9.17) is 16.3 Å². The molecule has 3 heterocycles. The minimum Gasteiger partial charge on any atom is -0.494 e. The van der Waals surface area contributed by atoms with Crippen LogP contribution in [0.2, 0.25) is 5.15 Å². The Kier molecular flexibility index (Phi) is 5.59. The number of methoxy groups -OCH3 is 1. The van der Waals surface area contributed by atoms with Gasteiger partial charge in [0.1, 0.15) is 10.9 Å². The topological polar surface area (TPSA) is 110 Å². The monoisotopic (exact) mass is 431 g/mol. The maximum absolute atomic E-state index is 13.0. The van der Waals surface area contributed by atoms with Gasteiger partial charge in [-0.25, -0.2) is 4.98 Å². The van der Waals surface area contributed by atoms with Crippen molar-refractivity contribution in [2.75, 3.05) is 12.4 Å². The Balaban J connectivity index is 1.80. The fourth-order valence-corrected chi connectivity index (χ4v) is 4.18. The number of aromatic hydroxyl groups is 1. The first-order chi connectivity index (χ1) is 14.0. The number of aromatic nitrogens is 4. The summed E-state index contributed by atoms with van der Waals surface area (Å²) in [7, 11) is 1.54. The highest BCUT2D eigenvalue weighted by atomic mass is 35.5. The fraction of sp³-hybridized carbons (Fsp3) is 0.316. The van der Waals surface area contributed by atoms with E-state index in [-0.39, 0.29) is 10.3 Å². The number of carbonyl (C=O) groups excluding carboxylic acids is 1.